The quantitative estimate of drug-likeness (QED) is 0.776. The Hall–Kier alpha value is 0.460. The molecule has 0 radical (unpaired) electrons. The number of piperazine rings is 1. The molecule has 1 unspecified atom stereocenters. The molecule has 1 saturated heterocycles. The normalized spacial score (nSPS) is 19.8. The third kappa shape index (κ3) is 5.70. The monoisotopic (exact) mass is 230 g/mol. The molecule has 0 aromatic carbocycles. The Morgan fingerprint density at radius 3 is 2.31 bits per heavy atom. The number of hydrogen-bond donors (Lipinski definition) is 1. The minimum Gasteiger partial charge on any atom is -0.383 e. The van der Waals surface area contributed by atoms with Gasteiger partial charge in [0, 0.05) is 39.3 Å². The molecule has 5 heteroatoms. The van der Waals surface area contributed by atoms with Gasteiger partial charge in [-0.2, -0.15) is 0 Å². The Balaban J connectivity index is 0. The minimum atomic E-state index is 0. The zero-order valence-electron chi connectivity index (χ0n) is 8.28. The van der Waals surface area contributed by atoms with Crippen LogP contribution in [0.25, 0.3) is 0 Å². The summed E-state index contributed by atoms with van der Waals surface area (Å²) in [5.74, 6) is 0. The van der Waals surface area contributed by atoms with Crippen LogP contribution in [0, 0.1) is 0 Å². The lowest BCUT2D eigenvalue weighted by Gasteiger charge is -2.32. The first-order chi connectivity index (χ1) is 5.34. The molecule has 0 saturated carbocycles. The minimum absolute atomic E-state index is 0. The van der Waals surface area contributed by atoms with E-state index in [1.54, 1.807) is 7.11 Å². The molecule has 1 rings (SSSR count). The molecule has 1 heterocycles. The third-order valence-electron chi connectivity index (χ3n) is 2.18. The van der Waals surface area contributed by atoms with E-state index in [0.29, 0.717) is 6.04 Å². The second kappa shape index (κ2) is 9.03. The van der Waals surface area contributed by atoms with Crippen LogP contribution in [0.2, 0.25) is 0 Å². The maximum atomic E-state index is 5.09. The van der Waals surface area contributed by atoms with Gasteiger partial charge in [-0.3, -0.25) is 4.90 Å². The fraction of sp³-hybridized carbons (Fsp3) is 1.00. The van der Waals surface area contributed by atoms with Crippen molar-refractivity contribution in [2.24, 2.45) is 0 Å². The van der Waals surface area contributed by atoms with Crippen molar-refractivity contribution in [2.75, 3.05) is 39.9 Å². The van der Waals surface area contributed by atoms with Gasteiger partial charge in [-0.05, 0) is 6.92 Å². The van der Waals surface area contributed by atoms with Gasteiger partial charge < -0.3 is 10.1 Å². The third-order valence-corrected chi connectivity index (χ3v) is 2.18. The van der Waals surface area contributed by atoms with Crippen LogP contribution in [0.1, 0.15) is 6.92 Å². The largest absolute Gasteiger partial charge is 0.383 e. The molecule has 1 atom stereocenters. The number of halogens is 2. The van der Waals surface area contributed by atoms with Gasteiger partial charge in [0.2, 0.25) is 0 Å². The van der Waals surface area contributed by atoms with Crippen LogP contribution >= 0.6 is 24.8 Å². The number of rotatable bonds is 3. The van der Waals surface area contributed by atoms with Gasteiger partial charge in [0.15, 0.2) is 0 Å². The van der Waals surface area contributed by atoms with Crippen LogP contribution in [0.5, 0.6) is 0 Å². The highest BCUT2D eigenvalue weighted by molar-refractivity contribution is 5.85. The summed E-state index contributed by atoms with van der Waals surface area (Å²) in [6.45, 7) is 7.62. The first-order valence-electron chi connectivity index (χ1n) is 4.28. The number of ether oxygens (including phenoxy) is 1. The van der Waals surface area contributed by atoms with E-state index in [1.165, 1.54) is 0 Å². The van der Waals surface area contributed by atoms with E-state index >= 15 is 0 Å². The van der Waals surface area contributed by atoms with E-state index < -0.39 is 0 Å². The molecule has 1 N–H and O–H groups in total. The second-order valence-electron chi connectivity index (χ2n) is 3.09. The summed E-state index contributed by atoms with van der Waals surface area (Å²) in [4.78, 5) is 2.46. The lowest BCUT2D eigenvalue weighted by molar-refractivity contribution is 0.0909. The zero-order chi connectivity index (χ0) is 8.10. The van der Waals surface area contributed by atoms with Gasteiger partial charge in [-0.25, -0.2) is 0 Å². The molecule has 0 bridgehead atoms. The number of nitrogens with zero attached hydrogens (tertiary/aromatic N) is 1. The number of hydrogen-bond acceptors (Lipinski definition) is 3. The van der Waals surface area contributed by atoms with Crippen molar-refractivity contribution < 1.29 is 4.74 Å². The van der Waals surface area contributed by atoms with Gasteiger partial charge in [0.25, 0.3) is 0 Å². The van der Waals surface area contributed by atoms with Crippen molar-refractivity contribution in [3.05, 3.63) is 0 Å². The molecular formula is C8H20Cl2N2O. The predicted octanol–water partition coefficient (Wildman–Crippen LogP) is 0.770. The van der Waals surface area contributed by atoms with Crippen molar-refractivity contribution in [3.8, 4) is 0 Å². The van der Waals surface area contributed by atoms with Gasteiger partial charge in [0.1, 0.15) is 0 Å². The van der Waals surface area contributed by atoms with Gasteiger partial charge in [-0.1, -0.05) is 0 Å². The first-order valence-corrected chi connectivity index (χ1v) is 4.28. The van der Waals surface area contributed by atoms with Crippen molar-refractivity contribution in [2.45, 2.75) is 13.0 Å². The molecular weight excluding hydrogens is 211 g/mol. The van der Waals surface area contributed by atoms with Crippen LogP contribution in [-0.4, -0.2) is 50.8 Å². The molecule has 0 aliphatic carbocycles. The van der Waals surface area contributed by atoms with Crippen molar-refractivity contribution in [3.63, 3.8) is 0 Å². The molecule has 82 valence electrons. The molecule has 1 aliphatic heterocycles. The highest BCUT2D eigenvalue weighted by Gasteiger charge is 2.15. The Kier molecular flexibility index (Phi) is 11.1. The van der Waals surface area contributed by atoms with Gasteiger partial charge >= 0.3 is 0 Å². The summed E-state index contributed by atoms with van der Waals surface area (Å²) < 4.78 is 5.09. The number of nitrogens with one attached hydrogen (secondary N) is 1. The lowest BCUT2D eigenvalue weighted by atomic mass is 10.2. The summed E-state index contributed by atoms with van der Waals surface area (Å²) in [5, 5.41) is 3.33. The van der Waals surface area contributed by atoms with E-state index in [9.17, 15) is 0 Å². The van der Waals surface area contributed by atoms with Gasteiger partial charge in [0.05, 0.1) is 6.61 Å². The highest BCUT2D eigenvalue weighted by atomic mass is 35.5. The maximum absolute atomic E-state index is 5.09. The Morgan fingerprint density at radius 1 is 1.31 bits per heavy atom. The standard InChI is InChI=1S/C8H18N2O.2ClH/c1-8(7-11-2)10-5-3-9-4-6-10;;/h8-9H,3-7H2,1-2H3;2*1H. The Bertz CT molecular complexity index is 110. The fourth-order valence-electron chi connectivity index (χ4n) is 1.47. The van der Waals surface area contributed by atoms with E-state index in [2.05, 4.69) is 17.1 Å². The van der Waals surface area contributed by atoms with E-state index in [1.807, 2.05) is 0 Å². The van der Waals surface area contributed by atoms with Crippen LogP contribution in [0.3, 0.4) is 0 Å². The summed E-state index contributed by atoms with van der Waals surface area (Å²) in [6.07, 6.45) is 0. The lowest BCUT2D eigenvalue weighted by Crippen LogP contribution is -2.48. The Labute approximate surface area is 93.0 Å². The topological polar surface area (TPSA) is 24.5 Å². The summed E-state index contributed by atoms with van der Waals surface area (Å²) in [5.41, 5.74) is 0. The second-order valence-corrected chi connectivity index (χ2v) is 3.09. The molecule has 13 heavy (non-hydrogen) atoms. The first kappa shape index (κ1) is 15.9. The molecule has 0 amide bonds. The van der Waals surface area contributed by atoms with Crippen molar-refractivity contribution in [1.29, 1.82) is 0 Å². The van der Waals surface area contributed by atoms with E-state index in [4.69, 9.17) is 4.74 Å². The average molecular weight is 231 g/mol. The molecule has 0 aromatic rings. The summed E-state index contributed by atoms with van der Waals surface area (Å²) in [7, 11) is 1.76. The molecule has 3 nitrogen and oxygen atoms in total. The molecule has 1 fully saturated rings. The predicted molar refractivity (Wildman–Crippen MR) is 60.3 cm³/mol. The molecule has 0 aromatic heterocycles. The summed E-state index contributed by atoms with van der Waals surface area (Å²) in [6, 6.07) is 0.571. The van der Waals surface area contributed by atoms with Crippen LogP contribution in [0.4, 0.5) is 0 Å². The van der Waals surface area contributed by atoms with Crippen LogP contribution in [0.15, 0.2) is 0 Å². The zero-order valence-corrected chi connectivity index (χ0v) is 9.92. The van der Waals surface area contributed by atoms with E-state index in [-0.39, 0.29) is 24.8 Å². The Morgan fingerprint density at radius 2 is 1.85 bits per heavy atom. The van der Waals surface area contributed by atoms with Gasteiger partial charge in [-0.15, -0.1) is 24.8 Å². The smallest absolute Gasteiger partial charge is 0.0615 e. The van der Waals surface area contributed by atoms with Crippen LogP contribution in [-0.2, 0) is 4.74 Å². The van der Waals surface area contributed by atoms with E-state index in [0.717, 1.165) is 32.8 Å². The number of methoxy groups -OCH3 is 1. The molecule has 1 aliphatic rings. The molecule has 0 spiro atoms. The maximum Gasteiger partial charge on any atom is 0.0615 e. The van der Waals surface area contributed by atoms with Crippen molar-refractivity contribution >= 4 is 24.8 Å². The average Bonchev–Trinajstić information content (AvgIpc) is 2.07. The SMILES string of the molecule is COCC(C)N1CCNCC1.Cl.Cl. The fourth-order valence-corrected chi connectivity index (χ4v) is 1.47. The highest BCUT2D eigenvalue weighted by Crippen LogP contribution is 2.00. The van der Waals surface area contributed by atoms with Crippen LogP contribution < -0.4 is 5.32 Å². The summed E-state index contributed by atoms with van der Waals surface area (Å²) >= 11 is 0. The van der Waals surface area contributed by atoms with Crippen molar-refractivity contribution in [1.82, 2.24) is 10.2 Å².